The first-order valence-corrected chi connectivity index (χ1v) is 8.42. The van der Waals surface area contributed by atoms with Crippen LogP contribution in [0, 0.1) is 0 Å². The molecule has 0 aromatic heterocycles. The number of para-hydroxylation sites is 1. The number of rotatable bonds is 3. The van der Waals surface area contributed by atoms with E-state index in [1.54, 1.807) is 0 Å². The number of nitrogens with zero attached hydrogens (tertiary/aromatic N) is 1. The zero-order valence-corrected chi connectivity index (χ0v) is 13.5. The van der Waals surface area contributed by atoms with Crippen molar-refractivity contribution in [3.63, 3.8) is 0 Å². The van der Waals surface area contributed by atoms with Crippen LogP contribution in [0.4, 0.5) is 5.69 Å². The molecule has 0 aliphatic carbocycles. The molecule has 4 rings (SSSR count). The van der Waals surface area contributed by atoms with Crippen LogP contribution in [0.5, 0.6) is 0 Å². The second-order valence-electron chi connectivity index (χ2n) is 6.18. The molecule has 3 aromatic carbocycles. The number of fused-ring (bicyclic) bond motifs is 1. The molecular formula is C21H20N2O. The fraction of sp³-hybridized carbons (Fsp3) is 0.190. The van der Waals surface area contributed by atoms with Crippen molar-refractivity contribution in [2.75, 3.05) is 18.0 Å². The number of amides is 1. The molecule has 120 valence electrons. The van der Waals surface area contributed by atoms with Crippen LogP contribution >= 0.6 is 0 Å². The largest absolute Gasteiger partial charge is 0.315 e. The zero-order valence-electron chi connectivity index (χ0n) is 13.5. The second kappa shape index (κ2) is 6.46. The van der Waals surface area contributed by atoms with Gasteiger partial charge in [-0.15, -0.1) is 0 Å². The first kappa shape index (κ1) is 14.9. The summed E-state index contributed by atoms with van der Waals surface area (Å²) in [4.78, 5) is 15.4. The Balaban J connectivity index is 1.81. The van der Waals surface area contributed by atoms with Gasteiger partial charge in [-0.25, -0.2) is 0 Å². The molecule has 1 atom stereocenters. The molecule has 24 heavy (non-hydrogen) atoms. The van der Waals surface area contributed by atoms with E-state index in [4.69, 9.17) is 0 Å². The molecule has 0 radical (unpaired) electrons. The van der Waals surface area contributed by atoms with Gasteiger partial charge in [-0.3, -0.25) is 4.79 Å². The van der Waals surface area contributed by atoms with E-state index in [0.29, 0.717) is 0 Å². The van der Waals surface area contributed by atoms with Crippen molar-refractivity contribution < 1.29 is 4.79 Å². The maximum absolute atomic E-state index is 13.4. The lowest BCUT2D eigenvalue weighted by atomic mass is 10.0. The fourth-order valence-electron chi connectivity index (χ4n) is 3.48. The molecule has 1 heterocycles. The van der Waals surface area contributed by atoms with E-state index in [-0.39, 0.29) is 11.9 Å². The highest BCUT2D eigenvalue weighted by atomic mass is 16.2. The second-order valence-corrected chi connectivity index (χ2v) is 6.18. The van der Waals surface area contributed by atoms with Crippen LogP contribution < -0.4 is 10.2 Å². The third-order valence-electron chi connectivity index (χ3n) is 4.67. The first-order chi connectivity index (χ1) is 11.8. The van der Waals surface area contributed by atoms with Crippen molar-refractivity contribution in [3.8, 4) is 0 Å². The monoisotopic (exact) mass is 316 g/mol. The van der Waals surface area contributed by atoms with Crippen molar-refractivity contribution in [2.45, 2.75) is 12.5 Å². The van der Waals surface area contributed by atoms with E-state index in [1.165, 1.54) is 0 Å². The smallest absolute Gasteiger partial charge is 0.259 e. The Morgan fingerprint density at radius 3 is 2.46 bits per heavy atom. The summed E-state index contributed by atoms with van der Waals surface area (Å²) in [5.41, 5.74) is 1.73. The molecule has 1 N–H and O–H groups in total. The van der Waals surface area contributed by atoms with Crippen LogP contribution in [0.2, 0.25) is 0 Å². The molecule has 0 bridgehead atoms. The van der Waals surface area contributed by atoms with Crippen LogP contribution in [0.3, 0.4) is 0 Å². The zero-order chi connectivity index (χ0) is 16.4. The van der Waals surface area contributed by atoms with Gasteiger partial charge in [-0.1, -0.05) is 54.6 Å². The van der Waals surface area contributed by atoms with E-state index >= 15 is 0 Å². The van der Waals surface area contributed by atoms with Gasteiger partial charge in [0.2, 0.25) is 0 Å². The quantitative estimate of drug-likeness (QED) is 0.796. The predicted molar refractivity (Wildman–Crippen MR) is 98.5 cm³/mol. The van der Waals surface area contributed by atoms with Crippen molar-refractivity contribution in [1.29, 1.82) is 0 Å². The third-order valence-corrected chi connectivity index (χ3v) is 4.67. The molecule has 1 saturated heterocycles. The predicted octanol–water partition coefficient (Wildman–Crippen LogP) is 3.85. The maximum atomic E-state index is 13.4. The van der Waals surface area contributed by atoms with Gasteiger partial charge in [0.05, 0.1) is 6.04 Å². The number of carbonyl (C=O) groups is 1. The van der Waals surface area contributed by atoms with Crippen LogP contribution in [0.1, 0.15) is 16.8 Å². The molecule has 3 nitrogen and oxygen atoms in total. The van der Waals surface area contributed by atoms with E-state index in [2.05, 4.69) is 17.4 Å². The van der Waals surface area contributed by atoms with E-state index in [9.17, 15) is 4.79 Å². The number of benzene rings is 3. The lowest BCUT2D eigenvalue weighted by Crippen LogP contribution is -2.41. The average molecular weight is 316 g/mol. The van der Waals surface area contributed by atoms with Crippen molar-refractivity contribution >= 4 is 22.4 Å². The first-order valence-electron chi connectivity index (χ1n) is 8.42. The average Bonchev–Trinajstić information content (AvgIpc) is 3.16. The van der Waals surface area contributed by atoms with Gasteiger partial charge in [0.25, 0.3) is 5.91 Å². The van der Waals surface area contributed by atoms with Gasteiger partial charge in [-0.2, -0.15) is 0 Å². The number of anilines is 1. The summed E-state index contributed by atoms with van der Waals surface area (Å²) in [6.07, 6.45) is 0.978. The Morgan fingerprint density at radius 2 is 1.67 bits per heavy atom. The summed E-state index contributed by atoms with van der Waals surface area (Å²) in [5, 5.41) is 5.48. The Bertz CT molecular complexity index is 849. The van der Waals surface area contributed by atoms with E-state index in [1.807, 2.05) is 65.6 Å². The van der Waals surface area contributed by atoms with Gasteiger partial charge < -0.3 is 10.2 Å². The molecular weight excluding hydrogens is 296 g/mol. The van der Waals surface area contributed by atoms with Gasteiger partial charge >= 0.3 is 0 Å². The molecule has 1 unspecified atom stereocenters. The van der Waals surface area contributed by atoms with E-state index in [0.717, 1.165) is 41.5 Å². The molecule has 1 aliphatic rings. The minimum atomic E-state index is 0.0756. The third kappa shape index (κ3) is 2.68. The Kier molecular flexibility index (Phi) is 4.01. The lowest BCUT2D eigenvalue weighted by Gasteiger charge is -2.29. The lowest BCUT2D eigenvalue weighted by molar-refractivity contribution is 0.0980. The van der Waals surface area contributed by atoms with Crippen LogP contribution in [0.15, 0.2) is 72.8 Å². The van der Waals surface area contributed by atoms with E-state index < -0.39 is 0 Å². The van der Waals surface area contributed by atoms with Gasteiger partial charge in [0, 0.05) is 17.8 Å². The standard InChI is InChI=1S/C21H20N2O/c24-21(20-12-6-8-16-7-4-5-11-19(16)20)23(18-13-14-22-15-18)17-9-2-1-3-10-17/h1-12,18,22H,13-15H2. The minimum Gasteiger partial charge on any atom is -0.315 e. The van der Waals surface area contributed by atoms with Crippen LogP contribution in [-0.2, 0) is 0 Å². The molecule has 0 spiro atoms. The highest BCUT2D eigenvalue weighted by Crippen LogP contribution is 2.26. The van der Waals surface area contributed by atoms with Crippen molar-refractivity contribution in [1.82, 2.24) is 5.32 Å². The summed E-state index contributed by atoms with van der Waals surface area (Å²) in [6.45, 7) is 1.79. The summed E-state index contributed by atoms with van der Waals surface area (Å²) in [6, 6.07) is 24.2. The van der Waals surface area contributed by atoms with Crippen LogP contribution in [0.25, 0.3) is 10.8 Å². The Hall–Kier alpha value is -2.65. The summed E-state index contributed by atoms with van der Waals surface area (Å²) >= 11 is 0. The normalized spacial score (nSPS) is 17.1. The number of carbonyl (C=O) groups excluding carboxylic acids is 1. The Labute approximate surface area is 141 Å². The summed E-state index contributed by atoms with van der Waals surface area (Å²) in [5.74, 6) is 0.0756. The maximum Gasteiger partial charge on any atom is 0.259 e. The van der Waals surface area contributed by atoms with Crippen molar-refractivity contribution in [2.24, 2.45) is 0 Å². The van der Waals surface area contributed by atoms with Gasteiger partial charge in [0.15, 0.2) is 0 Å². The molecule has 3 heteroatoms. The van der Waals surface area contributed by atoms with Crippen molar-refractivity contribution in [3.05, 3.63) is 78.4 Å². The minimum absolute atomic E-state index is 0.0756. The highest BCUT2D eigenvalue weighted by Gasteiger charge is 2.29. The highest BCUT2D eigenvalue weighted by molar-refractivity contribution is 6.14. The topological polar surface area (TPSA) is 32.3 Å². The molecule has 1 amide bonds. The number of hydrogen-bond acceptors (Lipinski definition) is 2. The number of hydrogen-bond donors (Lipinski definition) is 1. The molecule has 1 fully saturated rings. The molecule has 0 saturated carbocycles. The summed E-state index contributed by atoms with van der Waals surface area (Å²) in [7, 11) is 0. The SMILES string of the molecule is O=C(c1cccc2ccccc12)N(c1ccccc1)C1CCNC1. The Morgan fingerprint density at radius 1 is 0.917 bits per heavy atom. The van der Waals surface area contributed by atoms with Crippen LogP contribution in [-0.4, -0.2) is 25.0 Å². The molecule has 1 aliphatic heterocycles. The van der Waals surface area contributed by atoms with Gasteiger partial charge in [-0.05, 0) is 41.9 Å². The number of nitrogens with one attached hydrogen (secondary N) is 1. The van der Waals surface area contributed by atoms with Gasteiger partial charge in [0.1, 0.15) is 0 Å². The summed E-state index contributed by atoms with van der Waals surface area (Å²) < 4.78 is 0. The molecule has 3 aromatic rings. The fourth-order valence-corrected chi connectivity index (χ4v) is 3.48.